The molecular formula is C15H12N2. The van der Waals surface area contributed by atoms with E-state index < -0.39 is 0 Å². The molecule has 3 aliphatic rings. The van der Waals surface area contributed by atoms with Crippen LogP contribution in [0.2, 0.25) is 0 Å². The first-order valence-electron chi connectivity index (χ1n) is 5.82. The lowest BCUT2D eigenvalue weighted by molar-refractivity contribution is 0.702. The molecule has 4 rings (SSSR count). The number of hydrogen-bond acceptors (Lipinski definition) is 2. The number of para-hydroxylation sites is 2. The summed E-state index contributed by atoms with van der Waals surface area (Å²) in [6, 6.07) is 8.42. The third-order valence-electron chi connectivity index (χ3n) is 3.54. The van der Waals surface area contributed by atoms with Crippen LogP contribution < -0.4 is 10.2 Å². The van der Waals surface area contributed by atoms with E-state index in [4.69, 9.17) is 0 Å². The van der Waals surface area contributed by atoms with Crippen LogP contribution in [0.15, 0.2) is 72.5 Å². The summed E-state index contributed by atoms with van der Waals surface area (Å²) < 4.78 is 0. The van der Waals surface area contributed by atoms with Crippen molar-refractivity contribution < 1.29 is 0 Å². The summed E-state index contributed by atoms with van der Waals surface area (Å²) in [5, 5.41) is 3.62. The number of nitrogens with zero attached hydrogens (tertiary/aromatic N) is 1. The van der Waals surface area contributed by atoms with Crippen molar-refractivity contribution in [1.29, 1.82) is 0 Å². The fourth-order valence-corrected chi connectivity index (χ4v) is 2.77. The Morgan fingerprint density at radius 1 is 1.06 bits per heavy atom. The molecule has 2 nitrogen and oxygen atoms in total. The third kappa shape index (κ3) is 0.998. The number of benzene rings is 1. The minimum Gasteiger partial charge on any atom is -0.354 e. The van der Waals surface area contributed by atoms with Crippen molar-refractivity contribution in [3.05, 3.63) is 72.5 Å². The van der Waals surface area contributed by atoms with E-state index >= 15 is 0 Å². The Kier molecular flexibility index (Phi) is 1.52. The van der Waals surface area contributed by atoms with Crippen LogP contribution >= 0.6 is 0 Å². The van der Waals surface area contributed by atoms with E-state index in [0.717, 1.165) is 0 Å². The van der Waals surface area contributed by atoms with E-state index in [-0.39, 0.29) is 5.66 Å². The highest BCUT2D eigenvalue weighted by atomic mass is 15.4. The summed E-state index contributed by atoms with van der Waals surface area (Å²) >= 11 is 0. The number of anilines is 2. The Balaban J connectivity index is 1.96. The maximum atomic E-state index is 3.62. The van der Waals surface area contributed by atoms with Crippen LogP contribution in [0.1, 0.15) is 0 Å². The van der Waals surface area contributed by atoms with Crippen LogP contribution in [-0.2, 0) is 0 Å². The second-order valence-corrected chi connectivity index (χ2v) is 4.46. The lowest BCUT2D eigenvalue weighted by Gasteiger charge is -2.39. The van der Waals surface area contributed by atoms with Crippen LogP contribution in [0.25, 0.3) is 0 Å². The van der Waals surface area contributed by atoms with Crippen LogP contribution in [0, 0.1) is 0 Å². The van der Waals surface area contributed by atoms with Gasteiger partial charge in [0.25, 0.3) is 0 Å². The van der Waals surface area contributed by atoms with E-state index in [2.05, 4.69) is 77.1 Å². The molecule has 0 fully saturated rings. The standard InChI is InChI=1S/C15H12N2/c1-2-9-14-13(8-1)16-15-10-4-3-6-12(15)7-5-11-17(14)15/h1-11,16H. The Morgan fingerprint density at radius 3 is 3.00 bits per heavy atom. The smallest absolute Gasteiger partial charge is 0.161 e. The van der Waals surface area contributed by atoms with E-state index in [1.807, 2.05) is 0 Å². The lowest BCUT2D eigenvalue weighted by atomic mass is 9.91. The highest BCUT2D eigenvalue weighted by molar-refractivity contribution is 5.84. The highest BCUT2D eigenvalue weighted by Crippen LogP contribution is 2.46. The molecule has 1 aliphatic carbocycles. The molecule has 2 aliphatic heterocycles. The Bertz CT molecular complexity index is 607. The zero-order chi connectivity index (χ0) is 11.3. The van der Waals surface area contributed by atoms with Gasteiger partial charge in [0.1, 0.15) is 0 Å². The quantitative estimate of drug-likeness (QED) is 0.722. The predicted octanol–water partition coefficient (Wildman–Crippen LogP) is 3.19. The maximum Gasteiger partial charge on any atom is 0.161 e. The molecule has 1 spiro atoms. The molecule has 1 aromatic carbocycles. The summed E-state index contributed by atoms with van der Waals surface area (Å²) in [7, 11) is 0. The van der Waals surface area contributed by atoms with Gasteiger partial charge in [0.2, 0.25) is 0 Å². The molecule has 2 heteroatoms. The summed E-state index contributed by atoms with van der Waals surface area (Å²) in [5.41, 5.74) is 3.48. The zero-order valence-electron chi connectivity index (χ0n) is 9.30. The van der Waals surface area contributed by atoms with Gasteiger partial charge in [-0.15, -0.1) is 0 Å². The molecule has 1 aromatic rings. The van der Waals surface area contributed by atoms with E-state index in [0.29, 0.717) is 0 Å². The summed E-state index contributed by atoms with van der Waals surface area (Å²) in [6.07, 6.45) is 14.9. The third-order valence-corrected chi connectivity index (χ3v) is 3.54. The lowest BCUT2D eigenvalue weighted by Crippen LogP contribution is -2.49. The summed E-state index contributed by atoms with van der Waals surface area (Å²) in [6.45, 7) is 0. The van der Waals surface area contributed by atoms with Gasteiger partial charge < -0.3 is 10.2 Å². The van der Waals surface area contributed by atoms with Crippen molar-refractivity contribution in [2.45, 2.75) is 5.66 Å². The topological polar surface area (TPSA) is 15.3 Å². The highest BCUT2D eigenvalue weighted by Gasteiger charge is 2.44. The van der Waals surface area contributed by atoms with Gasteiger partial charge in [-0.1, -0.05) is 36.4 Å². The van der Waals surface area contributed by atoms with Gasteiger partial charge in [0.05, 0.1) is 11.4 Å². The van der Waals surface area contributed by atoms with E-state index in [1.165, 1.54) is 16.9 Å². The number of fused-ring (bicyclic) bond motifs is 2. The van der Waals surface area contributed by atoms with Crippen molar-refractivity contribution in [2.24, 2.45) is 0 Å². The first-order chi connectivity index (χ1) is 8.40. The Morgan fingerprint density at radius 2 is 2.00 bits per heavy atom. The number of nitrogens with one attached hydrogen (secondary N) is 1. The van der Waals surface area contributed by atoms with Gasteiger partial charge >= 0.3 is 0 Å². The van der Waals surface area contributed by atoms with Crippen molar-refractivity contribution in [2.75, 3.05) is 10.2 Å². The predicted molar refractivity (Wildman–Crippen MR) is 70.8 cm³/mol. The summed E-state index contributed by atoms with van der Waals surface area (Å²) in [4.78, 5) is 2.29. The zero-order valence-corrected chi connectivity index (χ0v) is 9.30. The average molecular weight is 220 g/mol. The van der Waals surface area contributed by atoms with Crippen molar-refractivity contribution in [3.63, 3.8) is 0 Å². The van der Waals surface area contributed by atoms with Crippen molar-refractivity contribution in [1.82, 2.24) is 0 Å². The molecule has 0 saturated carbocycles. The largest absolute Gasteiger partial charge is 0.354 e. The molecule has 1 unspecified atom stereocenters. The first-order valence-corrected chi connectivity index (χ1v) is 5.82. The van der Waals surface area contributed by atoms with Crippen LogP contribution in [0.3, 0.4) is 0 Å². The van der Waals surface area contributed by atoms with Crippen molar-refractivity contribution in [3.8, 4) is 0 Å². The molecule has 0 aromatic heterocycles. The monoisotopic (exact) mass is 220 g/mol. The van der Waals surface area contributed by atoms with E-state index in [1.54, 1.807) is 0 Å². The van der Waals surface area contributed by atoms with Gasteiger partial charge in [-0.25, -0.2) is 0 Å². The molecule has 0 saturated heterocycles. The van der Waals surface area contributed by atoms with Gasteiger partial charge in [-0.3, -0.25) is 0 Å². The van der Waals surface area contributed by atoms with Gasteiger partial charge in [0.15, 0.2) is 5.66 Å². The van der Waals surface area contributed by atoms with Crippen molar-refractivity contribution >= 4 is 11.4 Å². The molecular weight excluding hydrogens is 208 g/mol. The fourth-order valence-electron chi connectivity index (χ4n) is 2.77. The SMILES string of the molecule is C1=CC2=CC=CN3c4ccccc4NC23C=C1. The van der Waals surface area contributed by atoms with Crippen LogP contribution in [-0.4, -0.2) is 5.66 Å². The number of rotatable bonds is 0. The molecule has 2 heterocycles. The fraction of sp³-hybridized carbons (Fsp3) is 0.0667. The second-order valence-electron chi connectivity index (χ2n) is 4.46. The van der Waals surface area contributed by atoms with Crippen LogP contribution in [0.4, 0.5) is 11.4 Å². The number of hydrogen-bond donors (Lipinski definition) is 1. The van der Waals surface area contributed by atoms with Gasteiger partial charge in [-0.2, -0.15) is 0 Å². The van der Waals surface area contributed by atoms with E-state index in [9.17, 15) is 0 Å². The minimum absolute atomic E-state index is 0.215. The average Bonchev–Trinajstić information content (AvgIpc) is 2.71. The van der Waals surface area contributed by atoms with Gasteiger partial charge in [-0.05, 0) is 24.3 Å². The molecule has 0 bridgehead atoms. The Hall–Kier alpha value is -2.22. The molecule has 1 N–H and O–H groups in total. The van der Waals surface area contributed by atoms with Crippen LogP contribution in [0.5, 0.6) is 0 Å². The summed E-state index contributed by atoms with van der Waals surface area (Å²) in [5.74, 6) is 0. The second kappa shape index (κ2) is 2.92. The molecule has 1 atom stereocenters. The number of allylic oxidation sites excluding steroid dienone is 4. The molecule has 82 valence electrons. The molecule has 0 radical (unpaired) electrons. The molecule has 0 amide bonds. The van der Waals surface area contributed by atoms with Gasteiger partial charge in [0, 0.05) is 11.8 Å². The first kappa shape index (κ1) is 8.88. The molecule has 17 heavy (non-hydrogen) atoms. The Labute approximate surface area is 100 Å². The maximum absolute atomic E-state index is 3.62. The normalized spacial score (nSPS) is 27.1. The minimum atomic E-state index is -0.215.